The molecule has 1 rings (SSSR count). The van der Waals surface area contributed by atoms with Crippen LogP contribution in [0.3, 0.4) is 0 Å². The van der Waals surface area contributed by atoms with Gasteiger partial charge < -0.3 is 11.1 Å². The van der Waals surface area contributed by atoms with Gasteiger partial charge in [0.25, 0.3) is 0 Å². The molecule has 3 heteroatoms. The zero-order valence-electron chi connectivity index (χ0n) is 13.9. The van der Waals surface area contributed by atoms with Crippen LogP contribution >= 0.6 is 0 Å². The Balaban J connectivity index is 2.70. The van der Waals surface area contributed by atoms with E-state index in [4.69, 9.17) is 5.73 Å². The summed E-state index contributed by atoms with van der Waals surface area (Å²) in [5.74, 6) is 0.449. The van der Waals surface area contributed by atoms with Crippen LogP contribution in [0.2, 0.25) is 0 Å². The topological polar surface area (TPSA) is 55.1 Å². The molecule has 118 valence electrons. The fourth-order valence-corrected chi connectivity index (χ4v) is 2.42. The molecule has 1 amide bonds. The summed E-state index contributed by atoms with van der Waals surface area (Å²) in [6, 6.07) is 8.76. The second kappa shape index (κ2) is 8.83. The summed E-state index contributed by atoms with van der Waals surface area (Å²) in [6.07, 6.45) is 3.48. The van der Waals surface area contributed by atoms with Crippen LogP contribution in [0.5, 0.6) is 0 Å². The maximum Gasteiger partial charge on any atom is 0.220 e. The minimum absolute atomic E-state index is 0.0706. The van der Waals surface area contributed by atoms with Crippen LogP contribution < -0.4 is 11.1 Å². The predicted molar refractivity (Wildman–Crippen MR) is 89.0 cm³/mol. The fourth-order valence-electron chi connectivity index (χ4n) is 2.42. The van der Waals surface area contributed by atoms with Crippen molar-refractivity contribution in [1.29, 1.82) is 0 Å². The molecule has 0 bridgehead atoms. The molecule has 2 atom stereocenters. The molecule has 3 nitrogen and oxygen atoms in total. The molecule has 0 fully saturated rings. The number of aryl methyl sites for hydroxylation is 1. The lowest BCUT2D eigenvalue weighted by Gasteiger charge is -2.23. The highest BCUT2D eigenvalue weighted by Crippen LogP contribution is 2.22. The zero-order valence-corrected chi connectivity index (χ0v) is 13.9. The fraction of sp³-hybridized carbons (Fsp3) is 0.611. The summed E-state index contributed by atoms with van der Waals surface area (Å²) >= 11 is 0. The molecule has 0 spiro atoms. The number of nitrogens with two attached hydrogens (primary N) is 1. The summed E-state index contributed by atoms with van der Waals surface area (Å²) in [4.78, 5) is 12.0. The van der Waals surface area contributed by atoms with Crippen molar-refractivity contribution in [3.8, 4) is 0 Å². The number of benzene rings is 1. The van der Waals surface area contributed by atoms with Crippen LogP contribution in [0.15, 0.2) is 24.3 Å². The van der Waals surface area contributed by atoms with Gasteiger partial charge in [-0.25, -0.2) is 0 Å². The van der Waals surface area contributed by atoms with Gasteiger partial charge in [-0.3, -0.25) is 4.79 Å². The molecule has 0 aromatic heterocycles. The first-order chi connectivity index (χ1) is 9.93. The van der Waals surface area contributed by atoms with Crippen molar-refractivity contribution in [2.24, 2.45) is 11.7 Å². The Morgan fingerprint density at radius 1 is 1.19 bits per heavy atom. The van der Waals surface area contributed by atoms with Crippen LogP contribution in [-0.4, -0.2) is 11.9 Å². The van der Waals surface area contributed by atoms with Crippen LogP contribution in [0.25, 0.3) is 0 Å². The number of nitrogens with one attached hydrogen (secondary N) is 1. The molecule has 3 N–H and O–H groups in total. The molecule has 1 aromatic carbocycles. The molecule has 0 aliphatic heterocycles. The molecular formula is C18H30N2O. The number of rotatable bonds is 8. The first kappa shape index (κ1) is 17.7. The average molecular weight is 290 g/mol. The van der Waals surface area contributed by atoms with E-state index in [1.165, 1.54) is 11.1 Å². The van der Waals surface area contributed by atoms with Crippen LogP contribution in [0.4, 0.5) is 0 Å². The van der Waals surface area contributed by atoms with Gasteiger partial charge in [-0.15, -0.1) is 0 Å². The van der Waals surface area contributed by atoms with Gasteiger partial charge in [0.2, 0.25) is 5.91 Å². The van der Waals surface area contributed by atoms with E-state index in [0.29, 0.717) is 12.3 Å². The summed E-state index contributed by atoms with van der Waals surface area (Å²) in [5, 5.41) is 3.15. The first-order valence-electron chi connectivity index (χ1n) is 8.07. The molecular weight excluding hydrogens is 260 g/mol. The maximum atomic E-state index is 12.0. The highest BCUT2D eigenvalue weighted by Gasteiger charge is 2.18. The smallest absolute Gasteiger partial charge is 0.220 e. The quantitative estimate of drug-likeness (QED) is 0.769. The molecule has 0 heterocycles. The Hall–Kier alpha value is -1.35. The van der Waals surface area contributed by atoms with Crippen LogP contribution in [0, 0.1) is 5.92 Å². The third kappa shape index (κ3) is 6.30. The van der Waals surface area contributed by atoms with E-state index < -0.39 is 0 Å². The second-order valence-corrected chi connectivity index (χ2v) is 6.30. The highest BCUT2D eigenvalue weighted by molar-refractivity contribution is 5.76. The Morgan fingerprint density at radius 2 is 1.81 bits per heavy atom. The van der Waals surface area contributed by atoms with E-state index in [1.807, 2.05) is 6.92 Å². The van der Waals surface area contributed by atoms with E-state index in [1.54, 1.807) is 0 Å². The minimum atomic E-state index is 0.0706. The number of hydrogen-bond acceptors (Lipinski definition) is 2. The lowest BCUT2D eigenvalue weighted by molar-refractivity contribution is -0.122. The number of carbonyl (C=O) groups is 1. The molecule has 1 aromatic rings. The number of carbonyl (C=O) groups excluding carboxylic acids is 1. The number of amides is 1. The van der Waals surface area contributed by atoms with Crippen molar-refractivity contribution < 1.29 is 4.79 Å². The van der Waals surface area contributed by atoms with Crippen molar-refractivity contribution >= 4 is 5.91 Å². The summed E-state index contributed by atoms with van der Waals surface area (Å²) < 4.78 is 0. The molecule has 0 radical (unpaired) electrons. The minimum Gasteiger partial charge on any atom is -0.349 e. The van der Waals surface area contributed by atoms with Gasteiger partial charge in [-0.2, -0.15) is 0 Å². The van der Waals surface area contributed by atoms with Gasteiger partial charge in [0.05, 0.1) is 6.04 Å². The lowest BCUT2D eigenvalue weighted by atomic mass is 9.94. The van der Waals surface area contributed by atoms with Gasteiger partial charge in [-0.05, 0) is 36.8 Å². The summed E-state index contributed by atoms with van der Waals surface area (Å²) in [5.41, 5.74) is 8.24. The SMILES string of the molecule is CCCc1ccc(C(NC(=O)CCC(C)N)C(C)C)cc1. The summed E-state index contributed by atoms with van der Waals surface area (Å²) in [7, 11) is 0. The summed E-state index contributed by atoms with van der Waals surface area (Å²) in [6.45, 7) is 8.38. The van der Waals surface area contributed by atoms with Gasteiger partial charge >= 0.3 is 0 Å². The Kier molecular flexibility index (Phi) is 7.44. The van der Waals surface area contributed by atoms with Crippen LogP contribution in [0.1, 0.15) is 64.1 Å². The lowest BCUT2D eigenvalue weighted by Crippen LogP contribution is -2.32. The highest BCUT2D eigenvalue weighted by atomic mass is 16.1. The van der Waals surface area contributed by atoms with Crippen molar-refractivity contribution in [2.75, 3.05) is 0 Å². The largest absolute Gasteiger partial charge is 0.349 e. The Bertz CT molecular complexity index is 423. The Labute approximate surface area is 129 Å². The monoisotopic (exact) mass is 290 g/mol. The number of hydrogen-bond donors (Lipinski definition) is 2. The molecule has 0 saturated heterocycles. The van der Waals surface area contributed by atoms with Crippen LogP contribution in [-0.2, 0) is 11.2 Å². The molecule has 2 unspecified atom stereocenters. The normalized spacial score (nSPS) is 14.0. The molecule has 21 heavy (non-hydrogen) atoms. The van der Waals surface area contributed by atoms with Crippen molar-refractivity contribution in [3.05, 3.63) is 35.4 Å². The zero-order chi connectivity index (χ0) is 15.8. The van der Waals surface area contributed by atoms with E-state index in [-0.39, 0.29) is 18.0 Å². The Morgan fingerprint density at radius 3 is 2.29 bits per heavy atom. The van der Waals surface area contributed by atoms with E-state index in [0.717, 1.165) is 19.3 Å². The second-order valence-electron chi connectivity index (χ2n) is 6.30. The average Bonchev–Trinajstić information content (AvgIpc) is 2.43. The predicted octanol–water partition coefficient (Wildman–Crippen LogP) is 3.58. The molecule has 0 saturated carbocycles. The van der Waals surface area contributed by atoms with Gasteiger partial charge in [-0.1, -0.05) is 51.5 Å². The van der Waals surface area contributed by atoms with Gasteiger partial charge in [0, 0.05) is 12.5 Å². The van der Waals surface area contributed by atoms with Crippen molar-refractivity contribution in [3.63, 3.8) is 0 Å². The third-order valence-corrected chi connectivity index (χ3v) is 3.69. The molecule has 0 aliphatic rings. The standard InChI is InChI=1S/C18H30N2O/c1-5-6-15-8-10-16(11-9-15)18(13(2)3)20-17(21)12-7-14(4)19/h8-11,13-14,18H,5-7,12,19H2,1-4H3,(H,20,21). The first-order valence-corrected chi connectivity index (χ1v) is 8.07. The van der Waals surface area contributed by atoms with Crippen molar-refractivity contribution in [2.45, 2.75) is 65.5 Å². The van der Waals surface area contributed by atoms with E-state index in [2.05, 4.69) is 50.4 Å². The third-order valence-electron chi connectivity index (χ3n) is 3.69. The van der Waals surface area contributed by atoms with Crippen molar-refractivity contribution in [1.82, 2.24) is 5.32 Å². The maximum absolute atomic E-state index is 12.0. The van der Waals surface area contributed by atoms with Gasteiger partial charge in [0.1, 0.15) is 0 Å². The van der Waals surface area contributed by atoms with E-state index in [9.17, 15) is 4.79 Å². The van der Waals surface area contributed by atoms with Gasteiger partial charge in [0.15, 0.2) is 0 Å². The molecule has 0 aliphatic carbocycles. The van der Waals surface area contributed by atoms with E-state index >= 15 is 0 Å².